The smallest absolute Gasteiger partial charge is 0.390 e. The van der Waals surface area contributed by atoms with Crippen LogP contribution in [0.4, 0.5) is 5.95 Å². The van der Waals surface area contributed by atoms with Crippen molar-refractivity contribution >= 4 is 42.7 Å². The van der Waals surface area contributed by atoms with E-state index in [2.05, 4.69) is 10.1 Å². The SMILES string of the molecule is CC(=O)NP(=O)(OCc1cnc([N+](=O)[O-])n1C)N(CCCl)CCCl. The van der Waals surface area contributed by atoms with Crippen molar-refractivity contribution in [1.29, 1.82) is 0 Å². The van der Waals surface area contributed by atoms with Gasteiger partial charge in [-0.15, -0.1) is 23.2 Å². The number of imidazole rings is 1. The fourth-order valence-electron chi connectivity index (χ4n) is 1.85. The number of halogens is 2. The largest absolute Gasteiger partial charge is 0.434 e. The first-order valence-corrected chi connectivity index (χ1v) is 9.45. The van der Waals surface area contributed by atoms with Gasteiger partial charge in [0.1, 0.15) is 18.5 Å². The summed E-state index contributed by atoms with van der Waals surface area (Å²) in [5, 5.41) is 13.1. The van der Waals surface area contributed by atoms with Gasteiger partial charge in [-0.1, -0.05) is 4.98 Å². The van der Waals surface area contributed by atoms with Crippen molar-refractivity contribution < 1.29 is 18.8 Å². The van der Waals surface area contributed by atoms with E-state index in [1.165, 1.54) is 29.4 Å². The Bertz CT molecular complexity index is 634. The van der Waals surface area contributed by atoms with E-state index in [0.29, 0.717) is 5.69 Å². The van der Waals surface area contributed by atoms with Gasteiger partial charge in [-0.25, -0.2) is 13.8 Å². The first-order valence-electron chi connectivity index (χ1n) is 6.81. The van der Waals surface area contributed by atoms with Crippen LogP contribution in [0.15, 0.2) is 6.20 Å². The van der Waals surface area contributed by atoms with Crippen LogP contribution in [-0.4, -0.2) is 49.9 Å². The van der Waals surface area contributed by atoms with E-state index in [1.807, 2.05) is 0 Å². The summed E-state index contributed by atoms with van der Waals surface area (Å²) in [6.45, 7) is 1.30. The number of hydrogen-bond donors (Lipinski definition) is 1. The number of alkyl halides is 2. The van der Waals surface area contributed by atoms with E-state index < -0.39 is 18.5 Å². The molecule has 1 aromatic rings. The van der Waals surface area contributed by atoms with E-state index in [-0.39, 0.29) is 37.4 Å². The van der Waals surface area contributed by atoms with Gasteiger partial charge in [0.2, 0.25) is 5.91 Å². The summed E-state index contributed by atoms with van der Waals surface area (Å²) < 4.78 is 21.0. The molecule has 0 saturated heterocycles. The van der Waals surface area contributed by atoms with Crippen LogP contribution < -0.4 is 5.09 Å². The molecule has 0 aliphatic rings. The third-order valence-corrected chi connectivity index (χ3v) is 5.53. The van der Waals surface area contributed by atoms with Gasteiger partial charge in [-0.2, -0.15) is 0 Å². The number of nitrogens with one attached hydrogen (secondary N) is 1. The Morgan fingerprint density at radius 2 is 2.08 bits per heavy atom. The second-order valence-corrected chi connectivity index (χ2v) is 7.50. The number of hydrogen-bond acceptors (Lipinski definition) is 6. The Labute approximate surface area is 148 Å². The third-order valence-electron chi connectivity index (χ3n) is 2.97. The van der Waals surface area contributed by atoms with Gasteiger partial charge in [0, 0.05) is 31.8 Å². The second-order valence-electron chi connectivity index (χ2n) is 4.66. The van der Waals surface area contributed by atoms with Gasteiger partial charge in [-0.05, 0) is 4.92 Å². The molecule has 13 heteroatoms. The Kier molecular flexibility index (Phi) is 8.11. The zero-order valence-corrected chi connectivity index (χ0v) is 15.6. The number of carbonyl (C=O) groups is 1. The van der Waals surface area contributed by atoms with Crippen molar-refractivity contribution in [3.63, 3.8) is 0 Å². The van der Waals surface area contributed by atoms with Crippen molar-refractivity contribution in [3.8, 4) is 0 Å². The zero-order valence-electron chi connectivity index (χ0n) is 13.1. The second kappa shape index (κ2) is 9.33. The van der Waals surface area contributed by atoms with E-state index >= 15 is 0 Å². The molecule has 1 unspecified atom stereocenters. The van der Waals surface area contributed by atoms with Crippen LogP contribution in [-0.2, 0) is 27.5 Å². The highest BCUT2D eigenvalue weighted by Gasteiger charge is 2.33. The fourth-order valence-corrected chi connectivity index (χ4v) is 4.29. The van der Waals surface area contributed by atoms with E-state index in [1.54, 1.807) is 0 Å². The first kappa shape index (κ1) is 20.9. The maximum Gasteiger partial charge on any atom is 0.434 e. The average molecular weight is 402 g/mol. The number of nitro groups is 1. The molecular formula is C11H18Cl2N5O5P. The number of aromatic nitrogens is 2. The van der Waals surface area contributed by atoms with Crippen LogP contribution >= 0.6 is 30.9 Å². The zero-order chi connectivity index (χ0) is 18.3. The quantitative estimate of drug-likeness (QED) is 0.275. The van der Waals surface area contributed by atoms with Crippen molar-refractivity contribution in [2.75, 3.05) is 24.8 Å². The van der Waals surface area contributed by atoms with Gasteiger partial charge in [-0.3, -0.25) is 14.4 Å². The lowest BCUT2D eigenvalue weighted by molar-refractivity contribution is -0.396. The topological polar surface area (TPSA) is 120 Å². The third kappa shape index (κ3) is 5.42. The molecule has 1 N–H and O–H groups in total. The Hall–Kier alpha value is -1.19. The molecular weight excluding hydrogens is 384 g/mol. The monoisotopic (exact) mass is 401 g/mol. The highest BCUT2D eigenvalue weighted by molar-refractivity contribution is 7.55. The molecule has 0 bridgehead atoms. The van der Waals surface area contributed by atoms with Gasteiger partial charge in [0.05, 0.1) is 7.05 Å². The summed E-state index contributed by atoms with van der Waals surface area (Å²) in [7, 11) is -2.33. The molecule has 1 heterocycles. The van der Waals surface area contributed by atoms with E-state index in [9.17, 15) is 19.5 Å². The maximum absolute atomic E-state index is 13.0. The van der Waals surface area contributed by atoms with Crippen LogP contribution in [0.5, 0.6) is 0 Å². The van der Waals surface area contributed by atoms with Gasteiger partial charge >= 0.3 is 13.6 Å². The van der Waals surface area contributed by atoms with Crippen LogP contribution in [0.3, 0.4) is 0 Å². The molecule has 24 heavy (non-hydrogen) atoms. The van der Waals surface area contributed by atoms with Crippen LogP contribution in [0, 0.1) is 10.1 Å². The molecule has 0 saturated carbocycles. The lowest BCUT2D eigenvalue weighted by Crippen LogP contribution is -2.34. The van der Waals surface area contributed by atoms with Crippen molar-refractivity contribution in [3.05, 3.63) is 22.0 Å². The maximum atomic E-state index is 13.0. The minimum atomic E-state index is -3.76. The molecule has 0 aliphatic carbocycles. The Balaban J connectivity index is 2.99. The summed E-state index contributed by atoms with van der Waals surface area (Å²) in [6, 6.07) is 0. The number of nitrogens with zero attached hydrogens (tertiary/aromatic N) is 4. The molecule has 136 valence electrons. The lowest BCUT2D eigenvalue weighted by Gasteiger charge is -2.29. The summed E-state index contributed by atoms with van der Waals surface area (Å²) in [6.07, 6.45) is 1.24. The normalized spacial score (nSPS) is 13.7. The standard InChI is InChI=1S/C11H18Cl2N5O5P/c1-9(19)15-24(22,17(5-3-12)6-4-13)23-8-10-7-14-11(16(10)2)18(20)21/h7H,3-6,8H2,1-2H3,(H,15,19,22). The molecule has 0 spiro atoms. The molecule has 1 atom stereocenters. The molecule has 10 nitrogen and oxygen atoms in total. The minimum absolute atomic E-state index is 0.154. The molecule has 1 amide bonds. The van der Waals surface area contributed by atoms with Crippen LogP contribution in [0.2, 0.25) is 0 Å². The summed E-state index contributed by atoms with van der Waals surface area (Å²) in [4.78, 5) is 25.2. The Morgan fingerprint density at radius 3 is 2.50 bits per heavy atom. The average Bonchev–Trinajstić information content (AvgIpc) is 2.85. The molecule has 0 aromatic carbocycles. The Morgan fingerprint density at radius 1 is 1.50 bits per heavy atom. The van der Waals surface area contributed by atoms with Crippen LogP contribution in [0.1, 0.15) is 12.6 Å². The lowest BCUT2D eigenvalue weighted by atomic mass is 10.5. The van der Waals surface area contributed by atoms with E-state index in [0.717, 1.165) is 0 Å². The van der Waals surface area contributed by atoms with Gasteiger partial charge in [0.25, 0.3) is 0 Å². The van der Waals surface area contributed by atoms with Gasteiger partial charge in [0.15, 0.2) is 0 Å². The first-order chi connectivity index (χ1) is 11.2. The molecule has 0 aliphatic heterocycles. The van der Waals surface area contributed by atoms with E-state index in [4.69, 9.17) is 27.7 Å². The molecule has 1 aromatic heterocycles. The summed E-state index contributed by atoms with van der Waals surface area (Å²) >= 11 is 11.4. The van der Waals surface area contributed by atoms with Crippen molar-refractivity contribution in [1.82, 2.24) is 19.3 Å². The number of carbonyl (C=O) groups excluding carboxylic acids is 1. The molecule has 1 rings (SSSR count). The van der Waals surface area contributed by atoms with Crippen LogP contribution in [0.25, 0.3) is 0 Å². The number of rotatable bonds is 10. The highest BCUT2D eigenvalue weighted by Crippen LogP contribution is 2.47. The predicted octanol–water partition coefficient (Wildman–Crippen LogP) is 1.87. The van der Waals surface area contributed by atoms with Crippen molar-refractivity contribution in [2.24, 2.45) is 7.05 Å². The predicted molar refractivity (Wildman–Crippen MR) is 89.1 cm³/mol. The summed E-state index contributed by atoms with van der Waals surface area (Å²) in [5.41, 5.74) is 0.323. The highest BCUT2D eigenvalue weighted by atomic mass is 35.5. The molecule has 0 fully saturated rings. The summed E-state index contributed by atoms with van der Waals surface area (Å²) in [5.74, 6) is -0.619. The number of amides is 1. The molecule has 0 radical (unpaired) electrons. The fraction of sp³-hybridized carbons (Fsp3) is 0.636. The minimum Gasteiger partial charge on any atom is -0.390 e. The van der Waals surface area contributed by atoms with Gasteiger partial charge < -0.3 is 10.1 Å². The van der Waals surface area contributed by atoms with Crippen molar-refractivity contribution in [2.45, 2.75) is 13.5 Å².